The summed E-state index contributed by atoms with van der Waals surface area (Å²) in [4.78, 5) is 39.3. The van der Waals surface area contributed by atoms with Gasteiger partial charge in [-0.25, -0.2) is 13.6 Å². The number of morpholine rings is 1. The van der Waals surface area contributed by atoms with Crippen LogP contribution in [-0.4, -0.2) is 42.6 Å². The van der Waals surface area contributed by atoms with Crippen LogP contribution in [0.2, 0.25) is 0 Å². The standard InChI is InChI=1S/C19H21F2N3O4/c1-8(2)14-15-19(16(25)22-18(27)23-17(19)26)6-10-4-11(20)5-12(21)13(10)24(15)7-9(3)28-14/h4-5,8-9,14-15H,6-7H2,1-3H3,(H2,22,23,25,26,27)/t9-,14+,15-/m1/s1. The van der Waals surface area contributed by atoms with Crippen LogP contribution in [-0.2, 0) is 20.7 Å². The number of carbonyl (C=O) groups is 3. The molecule has 1 spiro atoms. The highest BCUT2D eigenvalue weighted by atomic mass is 19.1. The van der Waals surface area contributed by atoms with Crippen LogP contribution in [0.25, 0.3) is 0 Å². The molecule has 0 unspecified atom stereocenters. The van der Waals surface area contributed by atoms with E-state index in [9.17, 15) is 23.2 Å². The Morgan fingerprint density at radius 3 is 2.43 bits per heavy atom. The number of carbonyl (C=O) groups excluding carboxylic acids is 3. The zero-order chi connectivity index (χ0) is 20.4. The van der Waals surface area contributed by atoms with Gasteiger partial charge < -0.3 is 9.64 Å². The number of benzene rings is 1. The minimum Gasteiger partial charge on any atom is -0.371 e. The number of imide groups is 2. The van der Waals surface area contributed by atoms with Gasteiger partial charge in [0.15, 0.2) is 5.41 Å². The lowest BCUT2D eigenvalue weighted by Crippen LogP contribution is -2.76. The highest BCUT2D eigenvalue weighted by Crippen LogP contribution is 2.48. The molecule has 28 heavy (non-hydrogen) atoms. The van der Waals surface area contributed by atoms with Crippen LogP contribution in [0.3, 0.4) is 0 Å². The van der Waals surface area contributed by atoms with Gasteiger partial charge in [0.2, 0.25) is 11.8 Å². The minimum absolute atomic E-state index is 0.101. The fourth-order valence-corrected chi connectivity index (χ4v) is 4.73. The zero-order valence-electron chi connectivity index (χ0n) is 15.7. The summed E-state index contributed by atoms with van der Waals surface area (Å²) in [6.07, 6.45) is -1.11. The number of barbiturate groups is 1. The predicted octanol–water partition coefficient (Wildman–Crippen LogP) is 1.49. The molecule has 3 aliphatic rings. The fourth-order valence-electron chi connectivity index (χ4n) is 4.73. The van der Waals surface area contributed by atoms with Gasteiger partial charge in [-0.2, -0.15) is 0 Å². The van der Waals surface area contributed by atoms with Gasteiger partial charge in [-0.15, -0.1) is 0 Å². The molecular formula is C19H21F2N3O4. The number of urea groups is 1. The second kappa shape index (κ2) is 6.23. The van der Waals surface area contributed by atoms with Crippen LogP contribution in [0.4, 0.5) is 19.3 Å². The molecule has 0 bridgehead atoms. The Labute approximate surface area is 160 Å². The number of ether oxygens (including phenoxy) is 1. The van der Waals surface area contributed by atoms with Crippen molar-refractivity contribution in [3.63, 3.8) is 0 Å². The topological polar surface area (TPSA) is 87.7 Å². The summed E-state index contributed by atoms with van der Waals surface area (Å²) >= 11 is 0. The van der Waals surface area contributed by atoms with Crippen LogP contribution >= 0.6 is 0 Å². The van der Waals surface area contributed by atoms with Crippen LogP contribution < -0.4 is 15.5 Å². The molecule has 2 fully saturated rings. The van der Waals surface area contributed by atoms with Crippen molar-refractivity contribution in [2.75, 3.05) is 11.4 Å². The smallest absolute Gasteiger partial charge is 0.328 e. The summed E-state index contributed by atoms with van der Waals surface area (Å²) in [5.41, 5.74) is -1.35. The SMILES string of the molecule is CC(C)[C@@H]1O[C@H](C)CN2c3c(F)cc(F)cc3CC3(C(=O)NC(=O)NC3=O)[C@@H]12. The molecule has 4 amide bonds. The quantitative estimate of drug-likeness (QED) is 0.706. The van der Waals surface area contributed by atoms with E-state index in [1.54, 1.807) is 4.90 Å². The predicted molar refractivity (Wildman–Crippen MR) is 94.5 cm³/mol. The molecule has 2 saturated heterocycles. The molecule has 1 aromatic carbocycles. The van der Waals surface area contributed by atoms with Gasteiger partial charge in [0.25, 0.3) is 0 Å². The van der Waals surface area contributed by atoms with E-state index in [0.29, 0.717) is 0 Å². The third-order valence-electron chi connectivity index (χ3n) is 5.78. The molecule has 4 rings (SSSR count). The summed E-state index contributed by atoms with van der Waals surface area (Å²) in [7, 11) is 0. The van der Waals surface area contributed by atoms with Crippen molar-refractivity contribution < 1.29 is 27.9 Å². The van der Waals surface area contributed by atoms with Gasteiger partial charge in [0, 0.05) is 19.0 Å². The Morgan fingerprint density at radius 1 is 1.18 bits per heavy atom. The van der Waals surface area contributed by atoms with Crippen molar-refractivity contribution in [1.82, 2.24) is 10.6 Å². The second-order valence-corrected chi connectivity index (χ2v) is 8.03. The maximum Gasteiger partial charge on any atom is 0.328 e. The van der Waals surface area contributed by atoms with Crippen molar-refractivity contribution in [2.45, 2.75) is 45.4 Å². The van der Waals surface area contributed by atoms with Gasteiger partial charge in [-0.1, -0.05) is 13.8 Å². The monoisotopic (exact) mass is 393 g/mol. The lowest BCUT2D eigenvalue weighted by molar-refractivity contribution is -0.156. The second-order valence-electron chi connectivity index (χ2n) is 8.03. The Morgan fingerprint density at radius 2 is 1.82 bits per heavy atom. The molecule has 7 nitrogen and oxygen atoms in total. The van der Waals surface area contributed by atoms with Gasteiger partial charge in [-0.3, -0.25) is 20.2 Å². The van der Waals surface area contributed by atoms with Crippen molar-refractivity contribution in [1.29, 1.82) is 0 Å². The van der Waals surface area contributed by atoms with Crippen molar-refractivity contribution in [3.8, 4) is 0 Å². The third kappa shape index (κ3) is 2.52. The van der Waals surface area contributed by atoms with Gasteiger partial charge in [-0.05, 0) is 24.5 Å². The molecule has 3 atom stereocenters. The molecule has 1 aromatic rings. The van der Waals surface area contributed by atoms with E-state index in [4.69, 9.17) is 4.74 Å². The molecule has 0 saturated carbocycles. The maximum atomic E-state index is 14.8. The Bertz CT molecular complexity index is 868. The highest BCUT2D eigenvalue weighted by molar-refractivity contribution is 6.20. The first-order valence-corrected chi connectivity index (χ1v) is 9.22. The van der Waals surface area contributed by atoms with Gasteiger partial charge >= 0.3 is 6.03 Å². The van der Waals surface area contributed by atoms with Crippen LogP contribution in [0.5, 0.6) is 0 Å². The fraction of sp³-hybridized carbons (Fsp3) is 0.526. The molecule has 3 aliphatic heterocycles. The number of hydrogen-bond donors (Lipinski definition) is 2. The number of hydrogen-bond acceptors (Lipinski definition) is 5. The summed E-state index contributed by atoms with van der Waals surface area (Å²) < 4.78 is 34.8. The molecule has 2 N–H and O–H groups in total. The number of fused-ring (bicyclic) bond motifs is 4. The largest absolute Gasteiger partial charge is 0.371 e. The van der Waals surface area contributed by atoms with Crippen molar-refractivity contribution in [2.24, 2.45) is 11.3 Å². The highest BCUT2D eigenvalue weighted by Gasteiger charge is 2.64. The normalized spacial score (nSPS) is 28.7. The van der Waals surface area contributed by atoms with Gasteiger partial charge in [0.1, 0.15) is 11.6 Å². The number of amides is 4. The van der Waals surface area contributed by atoms with E-state index in [1.807, 2.05) is 20.8 Å². The van der Waals surface area contributed by atoms with Crippen molar-refractivity contribution in [3.05, 3.63) is 29.3 Å². The number of nitrogens with one attached hydrogen (secondary N) is 2. The number of rotatable bonds is 1. The van der Waals surface area contributed by atoms with E-state index < -0.39 is 47.0 Å². The first kappa shape index (κ1) is 18.8. The van der Waals surface area contributed by atoms with E-state index in [-0.39, 0.29) is 36.2 Å². The number of anilines is 1. The minimum atomic E-state index is -1.74. The van der Waals surface area contributed by atoms with Crippen LogP contribution in [0.1, 0.15) is 26.3 Å². The number of nitrogens with zero attached hydrogens (tertiary/aromatic N) is 1. The van der Waals surface area contributed by atoms with Crippen molar-refractivity contribution >= 4 is 23.5 Å². The summed E-state index contributed by atoms with van der Waals surface area (Å²) in [6, 6.07) is 0.180. The molecule has 0 radical (unpaired) electrons. The van der Waals surface area contributed by atoms with Crippen LogP contribution in [0, 0.1) is 23.0 Å². The van der Waals surface area contributed by atoms with E-state index in [2.05, 4.69) is 10.6 Å². The number of halogens is 2. The summed E-state index contributed by atoms with van der Waals surface area (Å²) in [5, 5.41) is 4.31. The van der Waals surface area contributed by atoms with Crippen LogP contribution in [0.15, 0.2) is 12.1 Å². The lowest BCUT2D eigenvalue weighted by atomic mass is 9.65. The molecular weight excluding hydrogens is 372 g/mol. The molecule has 9 heteroatoms. The average molecular weight is 393 g/mol. The lowest BCUT2D eigenvalue weighted by Gasteiger charge is -2.56. The molecule has 0 aliphatic carbocycles. The molecule has 0 aromatic heterocycles. The Kier molecular flexibility index (Phi) is 4.18. The maximum absolute atomic E-state index is 14.8. The van der Waals surface area contributed by atoms with E-state index in [1.165, 1.54) is 0 Å². The van der Waals surface area contributed by atoms with E-state index >= 15 is 0 Å². The summed E-state index contributed by atoms with van der Waals surface area (Å²) in [6.45, 7) is 5.81. The molecule has 3 heterocycles. The van der Waals surface area contributed by atoms with E-state index in [0.717, 1.165) is 12.1 Å². The first-order valence-electron chi connectivity index (χ1n) is 9.22. The Balaban J connectivity index is 1.97. The van der Waals surface area contributed by atoms with Gasteiger partial charge in [0.05, 0.1) is 23.9 Å². The zero-order valence-corrected chi connectivity index (χ0v) is 15.7. The average Bonchev–Trinajstić information content (AvgIpc) is 2.57. The molecule has 150 valence electrons. The third-order valence-corrected chi connectivity index (χ3v) is 5.78. The summed E-state index contributed by atoms with van der Waals surface area (Å²) in [5.74, 6) is -3.21. The first-order chi connectivity index (χ1) is 13.1. The Hall–Kier alpha value is -2.55.